The van der Waals surface area contributed by atoms with E-state index in [2.05, 4.69) is 48.7 Å². The lowest BCUT2D eigenvalue weighted by atomic mass is 10.2. The first-order valence-corrected chi connectivity index (χ1v) is 5.19. The number of unbranched alkanes of at least 4 members (excludes halogenated alkanes) is 1. The number of hydrogen-bond acceptors (Lipinski definition) is 1. The topological polar surface area (TPSA) is 34.9 Å². The molecule has 0 aromatic carbocycles. The van der Waals surface area contributed by atoms with Gasteiger partial charge in [-0.05, 0) is 20.3 Å². The average molecular weight is 272 g/mol. The van der Waals surface area contributed by atoms with Gasteiger partial charge in [-0.3, -0.25) is 0 Å². The van der Waals surface area contributed by atoms with Crippen molar-refractivity contribution in [1.29, 1.82) is 0 Å². The third-order valence-corrected chi connectivity index (χ3v) is 2.19. The minimum Gasteiger partial charge on any atom is -0.430 e. The van der Waals surface area contributed by atoms with Crippen LogP contribution in [0.4, 0.5) is 0 Å². The predicted molar refractivity (Wildman–Crippen MR) is 58.4 cm³/mol. The third kappa shape index (κ3) is 5.87. The predicted octanol–water partition coefficient (Wildman–Crippen LogP) is 1.64. The zero-order valence-electron chi connectivity index (χ0n) is 7.58. The fraction of sp³-hybridized carbons (Fsp3) is 1.00. The van der Waals surface area contributed by atoms with Crippen LogP contribution < -0.4 is 5.32 Å². The Balaban J connectivity index is 3.44. The molecule has 0 heterocycles. The van der Waals surface area contributed by atoms with Crippen LogP contribution in [0.2, 0.25) is 0 Å². The maximum Gasteiger partial charge on any atom is 0.225 e. The van der Waals surface area contributed by atoms with E-state index >= 15 is 0 Å². The van der Waals surface area contributed by atoms with Crippen LogP contribution in [0.5, 0.6) is 0 Å². The summed E-state index contributed by atoms with van der Waals surface area (Å²) in [5.74, 6) is 0. The molecule has 11 heavy (non-hydrogen) atoms. The van der Waals surface area contributed by atoms with Gasteiger partial charge < -0.3 is 5.11 Å². The Bertz CT molecular complexity index is 101. The molecule has 0 spiro atoms. The summed E-state index contributed by atoms with van der Waals surface area (Å²) in [5.41, 5.74) is 0. The summed E-state index contributed by atoms with van der Waals surface area (Å²) in [6, 6.07) is 0. The Labute approximate surface area is 82.9 Å². The maximum atomic E-state index is 7.68. The van der Waals surface area contributed by atoms with E-state index in [1.807, 2.05) is 0 Å². The molecule has 0 aromatic heterocycles. The molecule has 0 aromatic rings. The zero-order chi connectivity index (χ0) is 8.91. The summed E-state index contributed by atoms with van der Waals surface area (Å²) in [6.07, 6.45) is 2.22. The van der Waals surface area contributed by atoms with Crippen LogP contribution in [0.1, 0.15) is 33.6 Å². The number of alkyl halides is 1. The summed E-state index contributed by atoms with van der Waals surface area (Å²) in [7, 11) is 0. The van der Waals surface area contributed by atoms with Crippen LogP contribution in [0.15, 0.2) is 0 Å². The molecule has 0 fully saturated rings. The molecule has 1 unspecified atom stereocenters. The normalized spacial score (nSPS) is 15.0. The van der Waals surface area contributed by atoms with Crippen molar-refractivity contribution in [1.82, 2.24) is 5.32 Å². The lowest BCUT2D eigenvalue weighted by Crippen LogP contribution is -2.42. The average Bonchev–Trinajstić information content (AvgIpc) is 1.86. The van der Waals surface area contributed by atoms with Crippen molar-refractivity contribution in [3.05, 3.63) is 0 Å². The summed E-state index contributed by atoms with van der Waals surface area (Å²) in [4.78, 5) is 0. The third-order valence-electron chi connectivity index (χ3n) is 1.57. The first-order chi connectivity index (χ1) is 4.98. The number of halogens is 1. The molecule has 3 heteroatoms. The molecule has 1 atom stereocenters. The van der Waals surface area contributed by atoms with E-state index in [0.717, 1.165) is 6.54 Å². The minimum atomic E-state index is -0.144. The monoisotopic (exact) mass is 272 g/mol. The maximum absolute atomic E-state index is 7.68. The number of nitrogens with one attached hydrogen (secondary N) is 1. The molecule has 2 nitrogen and oxygen atoms in total. The Morgan fingerprint density at radius 2 is 2.09 bits per heavy atom. The molecule has 0 aliphatic heterocycles. The molecule has 0 radical (unpaired) electrons. The number of hydrogen-bond donors (Lipinski definition) is 1. The van der Waals surface area contributed by atoms with Crippen LogP contribution in [0.25, 0.3) is 0 Å². The van der Waals surface area contributed by atoms with Crippen molar-refractivity contribution in [3.8, 4) is 0 Å². The summed E-state index contributed by atoms with van der Waals surface area (Å²) in [6.45, 7) is 7.28. The molecule has 0 saturated heterocycles. The molecule has 0 amide bonds. The molecule has 0 aliphatic carbocycles. The SMILES string of the molecule is CCCCNC([OH2+])C(C)(C)I. The molecule has 0 rings (SSSR count). The summed E-state index contributed by atoms with van der Waals surface area (Å²) >= 11 is 2.30. The second-order valence-corrected chi connectivity index (χ2v) is 6.09. The Hall–Kier alpha value is 0.650. The van der Waals surface area contributed by atoms with Crippen LogP contribution in [0.3, 0.4) is 0 Å². The first-order valence-electron chi connectivity index (χ1n) is 4.12. The van der Waals surface area contributed by atoms with Gasteiger partial charge in [0.05, 0.1) is 0 Å². The number of rotatable bonds is 5. The van der Waals surface area contributed by atoms with Crippen molar-refractivity contribution in [2.45, 2.75) is 43.3 Å². The second-order valence-electron chi connectivity index (χ2n) is 3.31. The fourth-order valence-electron chi connectivity index (χ4n) is 0.666. The standard InChI is InChI=1S/C8H18INO/c1-4-5-6-10-7(11)8(2,3)9/h7,10-11H,4-6H2,1-3H3/p+1. The van der Waals surface area contributed by atoms with Gasteiger partial charge in [-0.15, -0.1) is 0 Å². The van der Waals surface area contributed by atoms with E-state index in [-0.39, 0.29) is 9.65 Å². The fourth-order valence-corrected chi connectivity index (χ4v) is 0.886. The van der Waals surface area contributed by atoms with Crippen molar-refractivity contribution in [2.24, 2.45) is 0 Å². The van der Waals surface area contributed by atoms with Crippen LogP contribution in [0, 0.1) is 0 Å². The highest BCUT2D eigenvalue weighted by Gasteiger charge is 2.27. The van der Waals surface area contributed by atoms with Gasteiger partial charge in [0, 0.05) is 6.54 Å². The van der Waals surface area contributed by atoms with E-state index in [9.17, 15) is 0 Å². The van der Waals surface area contributed by atoms with E-state index in [0.29, 0.717) is 0 Å². The molecule has 0 aliphatic rings. The molecule has 0 saturated carbocycles. The van der Waals surface area contributed by atoms with Gasteiger partial charge in [0.2, 0.25) is 6.23 Å². The van der Waals surface area contributed by atoms with Crippen molar-refractivity contribution in [3.63, 3.8) is 0 Å². The van der Waals surface area contributed by atoms with Gasteiger partial charge in [-0.2, -0.15) is 0 Å². The van der Waals surface area contributed by atoms with Crippen molar-refractivity contribution < 1.29 is 5.11 Å². The van der Waals surface area contributed by atoms with Gasteiger partial charge in [-0.1, -0.05) is 35.9 Å². The quantitative estimate of drug-likeness (QED) is 0.267. The lowest BCUT2D eigenvalue weighted by molar-refractivity contribution is 0.113. The zero-order valence-corrected chi connectivity index (χ0v) is 9.73. The Morgan fingerprint density at radius 1 is 1.55 bits per heavy atom. The molecular weight excluding hydrogens is 253 g/mol. The van der Waals surface area contributed by atoms with Crippen LogP contribution in [-0.2, 0) is 0 Å². The van der Waals surface area contributed by atoms with E-state index in [1.54, 1.807) is 0 Å². The highest BCUT2D eigenvalue weighted by atomic mass is 127. The smallest absolute Gasteiger partial charge is 0.225 e. The highest BCUT2D eigenvalue weighted by molar-refractivity contribution is 14.1. The Kier molecular flexibility index (Phi) is 5.64. The van der Waals surface area contributed by atoms with Crippen molar-refractivity contribution in [2.75, 3.05) is 6.54 Å². The largest absolute Gasteiger partial charge is 0.430 e. The minimum absolute atomic E-state index is 0.0332. The lowest BCUT2D eigenvalue weighted by Gasteiger charge is -2.20. The van der Waals surface area contributed by atoms with Gasteiger partial charge in [-0.25, -0.2) is 5.32 Å². The van der Waals surface area contributed by atoms with Crippen LogP contribution in [-0.4, -0.2) is 21.3 Å². The Morgan fingerprint density at radius 3 is 2.45 bits per heavy atom. The van der Waals surface area contributed by atoms with Crippen molar-refractivity contribution >= 4 is 22.6 Å². The van der Waals surface area contributed by atoms with Gasteiger partial charge >= 0.3 is 0 Å². The van der Waals surface area contributed by atoms with E-state index in [1.165, 1.54) is 12.8 Å². The van der Waals surface area contributed by atoms with Gasteiger partial charge in [0.15, 0.2) is 0 Å². The molecule has 3 N–H and O–H groups in total. The first kappa shape index (κ1) is 11.6. The van der Waals surface area contributed by atoms with E-state index in [4.69, 9.17) is 5.11 Å². The molecule has 0 bridgehead atoms. The van der Waals surface area contributed by atoms with E-state index < -0.39 is 0 Å². The van der Waals surface area contributed by atoms with Gasteiger partial charge in [0.25, 0.3) is 0 Å². The summed E-state index contributed by atoms with van der Waals surface area (Å²) in [5, 5.41) is 10.9. The second kappa shape index (κ2) is 5.32. The molecular formula is C8H19INO+. The molecule has 68 valence electrons. The summed E-state index contributed by atoms with van der Waals surface area (Å²) < 4.78 is 0.0332. The van der Waals surface area contributed by atoms with Gasteiger partial charge in [0.1, 0.15) is 3.42 Å². The van der Waals surface area contributed by atoms with Crippen LogP contribution >= 0.6 is 22.6 Å². The highest BCUT2D eigenvalue weighted by Crippen LogP contribution is 2.19.